The van der Waals surface area contributed by atoms with Crippen molar-refractivity contribution in [2.24, 2.45) is 0 Å². The number of thiazole rings is 1. The fourth-order valence-corrected chi connectivity index (χ4v) is 5.43. The number of ether oxygens (including phenoxy) is 2. The molecule has 0 atom stereocenters. The van der Waals surface area contributed by atoms with Crippen LogP contribution in [-0.4, -0.2) is 37.6 Å². The third kappa shape index (κ3) is 4.39. The van der Waals surface area contributed by atoms with Crippen LogP contribution in [0.25, 0.3) is 28.2 Å². The molecule has 11 heteroatoms. The van der Waals surface area contributed by atoms with Gasteiger partial charge in [-0.05, 0) is 25.8 Å². The maximum absolute atomic E-state index is 13.5. The third-order valence-electron chi connectivity index (χ3n) is 6.37. The predicted octanol–water partition coefficient (Wildman–Crippen LogP) is 6.18. The van der Waals surface area contributed by atoms with Crippen LogP contribution < -0.4 is 9.47 Å². The molecule has 0 bridgehead atoms. The van der Waals surface area contributed by atoms with Crippen LogP contribution in [0, 0.1) is 6.92 Å². The van der Waals surface area contributed by atoms with Gasteiger partial charge in [0, 0.05) is 36.3 Å². The number of rotatable bonds is 6. The van der Waals surface area contributed by atoms with Crippen molar-refractivity contribution in [3.8, 4) is 23.0 Å². The number of nitrogens with zero attached hydrogens (tertiary/aromatic N) is 5. The standard InChI is InChI=1S/C25H23F2N5O3S/c1-14-10-28-24-30-19(11-32(24)31-14)22-9-18-20(7-17(33-2)8-21(18)35-22)34-12-16-13-36-23(29-16)15-3-5-25(26,27)6-4-15/h7-11,13,15H,3-6,12H2,1-2H3. The van der Waals surface area contributed by atoms with Crippen LogP contribution in [0.15, 0.2) is 40.4 Å². The lowest BCUT2D eigenvalue weighted by molar-refractivity contribution is -0.0382. The topological polar surface area (TPSA) is 87.6 Å². The number of alkyl halides is 2. The van der Waals surface area contributed by atoms with Gasteiger partial charge in [-0.15, -0.1) is 11.3 Å². The molecule has 0 radical (unpaired) electrons. The van der Waals surface area contributed by atoms with Crippen LogP contribution in [0.5, 0.6) is 11.5 Å². The predicted molar refractivity (Wildman–Crippen MR) is 130 cm³/mol. The highest BCUT2D eigenvalue weighted by atomic mass is 32.1. The summed E-state index contributed by atoms with van der Waals surface area (Å²) < 4.78 is 46.3. The molecule has 1 aromatic carbocycles. The number of aromatic nitrogens is 5. The second-order valence-corrected chi connectivity index (χ2v) is 9.90. The fourth-order valence-electron chi connectivity index (χ4n) is 4.45. The summed E-state index contributed by atoms with van der Waals surface area (Å²) in [5, 5.41) is 7.98. The zero-order valence-electron chi connectivity index (χ0n) is 19.7. The van der Waals surface area contributed by atoms with Crippen molar-refractivity contribution >= 4 is 28.1 Å². The molecule has 1 saturated carbocycles. The first kappa shape index (κ1) is 22.8. The van der Waals surface area contributed by atoms with E-state index in [2.05, 4.69) is 20.1 Å². The van der Waals surface area contributed by atoms with E-state index in [4.69, 9.17) is 13.9 Å². The number of benzene rings is 1. The molecule has 1 aliphatic rings. The molecule has 4 heterocycles. The van der Waals surface area contributed by atoms with Crippen molar-refractivity contribution in [3.63, 3.8) is 0 Å². The van der Waals surface area contributed by atoms with Gasteiger partial charge in [0.2, 0.25) is 5.92 Å². The minimum atomic E-state index is -2.55. The molecule has 0 unspecified atom stereocenters. The van der Waals surface area contributed by atoms with Gasteiger partial charge < -0.3 is 13.9 Å². The lowest BCUT2D eigenvalue weighted by Crippen LogP contribution is -2.23. The van der Waals surface area contributed by atoms with Crippen molar-refractivity contribution in [2.75, 3.05) is 7.11 Å². The number of furan rings is 1. The minimum Gasteiger partial charge on any atom is -0.496 e. The number of fused-ring (bicyclic) bond motifs is 2. The Hall–Kier alpha value is -3.60. The molecule has 1 aliphatic carbocycles. The summed E-state index contributed by atoms with van der Waals surface area (Å²) in [6.07, 6.45) is 4.20. The Kier molecular flexibility index (Phi) is 5.59. The number of hydrogen-bond acceptors (Lipinski definition) is 8. The Bertz CT molecular complexity index is 1550. The molecule has 0 aliphatic heterocycles. The number of methoxy groups -OCH3 is 1. The smallest absolute Gasteiger partial charge is 0.251 e. The molecule has 0 saturated heterocycles. The first-order chi connectivity index (χ1) is 17.4. The summed E-state index contributed by atoms with van der Waals surface area (Å²) in [7, 11) is 1.58. The fraction of sp³-hybridized carbons (Fsp3) is 0.360. The van der Waals surface area contributed by atoms with Gasteiger partial charge >= 0.3 is 0 Å². The molecule has 0 N–H and O–H groups in total. The van der Waals surface area contributed by atoms with Crippen LogP contribution in [0.4, 0.5) is 8.78 Å². The zero-order valence-corrected chi connectivity index (χ0v) is 20.5. The molecule has 0 amide bonds. The quantitative estimate of drug-likeness (QED) is 0.269. The molecule has 0 spiro atoms. The summed E-state index contributed by atoms with van der Waals surface area (Å²) in [6, 6.07) is 5.46. The lowest BCUT2D eigenvalue weighted by atomic mass is 9.87. The van der Waals surface area contributed by atoms with Crippen molar-refractivity contribution < 1.29 is 22.7 Å². The number of halogens is 2. The molecule has 4 aromatic heterocycles. The van der Waals surface area contributed by atoms with Crippen molar-refractivity contribution in [3.05, 3.63) is 52.4 Å². The Morgan fingerprint density at radius 1 is 1.19 bits per heavy atom. The molecule has 5 aromatic rings. The van der Waals surface area contributed by atoms with Gasteiger partial charge in [-0.3, -0.25) is 0 Å². The van der Waals surface area contributed by atoms with Crippen molar-refractivity contribution in [2.45, 2.75) is 51.1 Å². The average molecular weight is 512 g/mol. The molecule has 1 fully saturated rings. The normalized spacial score (nSPS) is 16.1. The van der Waals surface area contributed by atoms with Gasteiger partial charge in [0.15, 0.2) is 5.76 Å². The Morgan fingerprint density at radius 2 is 2.03 bits per heavy atom. The highest BCUT2D eigenvalue weighted by Crippen LogP contribution is 2.42. The first-order valence-electron chi connectivity index (χ1n) is 11.6. The second-order valence-electron chi connectivity index (χ2n) is 9.01. The Labute approximate surface area is 208 Å². The van der Waals surface area contributed by atoms with E-state index in [0.717, 1.165) is 21.8 Å². The van der Waals surface area contributed by atoms with Crippen LogP contribution in [0.3, 0.4) is 0 Å². The van der Waals surface area contributed by atoms with Gasteiger partial charge in [0.05, 0.1) is 41.3 Å². The van der Waals surface area contributed by atoms with E-state index in [-0.39, 0.29) is 25.4 Å². The highest BCUT2D eigenvalue weighted by molar-refractivity contribution is 7.09. The maximum atomic E-state index is 13.5. The lowest BCUT2D eigenvalue weighted by Gasteiger charge is -2.26. The van der Waals surface area contributed by atoms with E-state index in [0.29, 0.717) is 47.2 Å². The van der Waals surface area contributed by atoms with Crippen LogP contribution in [0.1, 0.15) is 48.0 Å². The van der Waals surface area contributed by atoms with E-state index in [1.165, 1.54) is 11.3 Å². The largest absolute Gasteiger partial charge is 0.496 e. The molecule has 8 nitrogen and oxygen atoms in total. The minimum absolute atomic E-state index is 0.0776. The van der Waals surface area contributed by atoms with Gasteiger partial charge in [-0.2, -0.15) is 5.10 Å². The highest BCUT2D eigenvalue weighted by Gasteiger charge is 2.36. The Balaban J connectivity index is 1.25. The number of aryl methyl sites for hydroxylation is 1. The number of hydrogen-bond donors (Lipinski definition) is 0. The van der Waals surface area contributed by atoms with Gasteiger partial charge in [-0.1, -0.05) is 0 Å². The summed E-state index contributed by atoms with van der Waals surface area (Å²) in [4.78, 5) is 13.5. The van der Waals surface area contributed by atoms with E-state index in [1.54, 1.807) is 36.2 Å². The van der Waals surface area contributed by atoms with E-state index in [9.17, 15) is 8.78 Å². The average Bonchev–Trinajstić information content (AvgIpc) is 3.60. The first-order valence-corrected chi connectivity index (χ1v) is 12.5. The third-order valence-corrected chi connectivity index (χ3v) is 7.43. The summed E-state index contributed by atoms with van der Waals surface area (Å²) in [5.74, 6) is -0.252. The summed E-state index contributed by atoms with van der Waals surface area (Å²) in [6.45, 7) is 2.10. The monoisotopic (exact) mass is 511 g/mol. The van der Waals surface area contributed by atoms with Gasteiger partial charge in [-0.25, -0.2) is 28.2 Å². The maximum Gasteiger partial charge on any atom is 0.251 e. The van der Waals surface area contributed by atoms with Crippen LogP contribution in [-0.2, 0) is 6.61 Å². The Morgan fingerprint density at radius 3 is 2.83 bits per heavy atom. The van der Waals surface area contributed by atoms with E-state index >= 15 is 0 Å². The van der Waals surface area contributed by atoms with Gasteiger partial charge in [0.1, 0.15) is 29.4 Å². The molecular formula is C25H23F2N5O3S. The van der Waals surface area contributed by atoms with Crippen molar-refractivity contribution in [1.82, 2.24) is 24.6 Å². The molecule has 186 valence electrons. The number of imidazole rings is 1. The van der Waals surface area contributed by atoms with Crippen LogP contribution in [0.2, 0.25) is 0 Å². The van der Waals surface area contributed by atoms with E-state index < -0.39 is 5.92 Å². The second kappa shape index (κ2) is 8.81. The van der Waals surface area contributed by atoms with Crippen molar-refractivity contribution in [1.29, 1.82) is 0 Å². The summed E-state index contributed by atoms with van der Waals surface area (Å²) in [5.41, 5.74) is 2.74. The molecular weight excluding hydrogens is 488 g/mol. The molecule has 36 heavy (non-hydrogen) atoms. The van der Waals surface area contributed by atoms with Gasteiger partial charge in [0.25, 0.3) is 5.78 Å². The van der Waals surface area contributed by atoms with Crippen LogP contribution >= 0.6 is 11.3 Å². The SMILES string of the molecule is COc1cc(OCc2csc(C3CCC(F)(F)CC3)n2)c2cc(-c3cn4nc(C)cnc4n3)oc2c1. The molecule has 6 rings (SSSR count). The zero-order chi connectivity index (χ0) is 24.9. The summed E-state index contributed by atoms with van der Waals surface area (Å²) >= 11 is 1.51. The van der Waals surface area contributed by atoms with E-state index in [1.807, 2.05) is 18.4 Å².